The Balaban J connectivity index is 2.07. The Kier molecular flexibility index (Phi) is 3.55. The first kappa shape index (κ1) is 12.7. The molecular weight excluding hydrogens is 256 g/mol. The number of aliphatic imine (C=N–C) groups is 1. The van der Waals surface area contributed by atoms with Gasteiger partial charge in [0.2, 0.25) is 0 Å². The van der Waals surface area contributed by atoms with Gasteiger partial charge in [0.15, 0.2) is 5.76 Å². The first-order valence-electron chi connectivity index (χ1n) is 5.40. The Morgan fingerprint density at radius 3 is 3.11 bits per heavy atom. The topological polar surface area (TPSA) is 111 Å². The predicted molar refractivity (Wildman–Crippen MR) is 63.7 cm³/mol. The van der Waals surface area contributed by atoms with Crippen molar-refractivity contribution >= 4 is 24.0 Å². The molecule has 0 spiro atoms. The van der Waals surface area contributed by atoms with Crippen molar-refractivity contribution in [2.45, 2.75) is 6.92 Å². The molecule has 100 valence electrons. The number of hydrogen-bond acceptors (Lipinski definition) is 7. The predicted octanol–water partition coefficient (Wildman–Crippen LogP) is 0.756. The minimum Gasteiger partial charge on any atom is -0.464 e. The zero-order valence-electron chi connectivity index (χ0n) is 9.98. The molecular formula is C10H10N4O5. The maximum atomic E-state index is 11.1. The van der Waals surface area contributed by atoms with Crippen molar-refractivity contribution in [3.05, 3.63) is 28.0 Å². The van der Waals surface area contributed by atoms with Gasteiger partial charge in [-0.3, -0.25) is 14.9 Å². The second-order valence-electron chi connectivity index (χ2n) is 3.46. The van der Waals surface area contributed by atoms with Crippen LogP contribution in [0.4, 0.5) is 5.88 Å². The highest BCUT2D eigenvalue weighted by Crippen LogP contribution is 2.14. The van der Waals surface area contributed by atoms with Crippen molar-refractivity contribution in [3.8, 4) is 0 Å². The number of carbonyl (C=O) groups is 1. The first-order chi connectivity index (χ1) is 9.10. The summed E-state index contributed by atoms with van der Waals surface area (Å²) >= 11 is 0. The fraction of sp³-hybridized carbons (Fsp3) is 0.300. The summed E-state index contributed by atoms with van der Waals surface area (Å²) in [7, 11) is 0. The van der Waals surface area contributed by atoms with Crippen LogP contribution in [0.2, 0.25) is 0 Å². The van der Waals surface area contributed by atoms with E-state index in [0.717, 1.165) is 0 Å². The van der Waals surface area contributed by atoms with E-state index < -0.39 is 4.92 Å². The normalized spacial score (nSPS) is 15.1. The van der Waals surface area contributed by atoms with Crippen LogP contribution in [0.3, 0.4) is 0 Å². The molecule has 9 heteroatoms. The summed E-state index contributed by atoms with van der Waals surface area (Å²) in [6, 6.07) is 2.72. The third kappa shape index (κ3) is 2.94. The summed E-state index contributed by atoms with van der Waals surface area (Å²) < 4.78 is 10.0. The molecule has 0 aliphatic carbocycles. The van der Waals surface area contributed by atoms with Gasteiger partial charge in [-0.2, -0.15) is 10.1 Å². The van der Waals surface area contributed by atoms with Crippen LogP contribution in [0, 0.1) is 10.1 Å². The summed E-state index contributed by atoms with van der Waals surface area (Å²) in [6.45, 7) is 2.07. The van der Waals surface area contributed by atoms with Crippen molar-refractivity contribution in [2.75, 3.05) is 13.2 Å². The van der Waals surface area contributed by atoms with Gasteiger partial charge in [0, 0.05) is 0 Å². The lowest BCUT2D eigenvalue weighted by Gasteiger charge is -2.11. The summed E-state index contributed by atoms with van der Waals surface area (Å²) in [5.41, 5.74) is 0. The van der Waals surface area contributed by atoms with E-state index in [4.69, 9.17) is 9.15 Å². The van der Waals surface area contributed by atoms with E-state index in [-0.39, 0.29) is 30.1 Å². The standard InChI is InChI=1S/C10H10N4O5/c1-2-18-10-12-8(15)6-13(10)11-5-7-3-4-9(19-7)14(16)17/h3-5H,2,6H2,1H3/b11-5+. The highest BCUT2D eigenvalue weighted by atomic mass is 16.6. The van der Waals surface area contributed by atoms with E-state index in [1.54, 1.807) is 6.92 Å². The van der Waals surface area contributed by atoms with E-state index in [9.17, 15) is 14.9 Å². The van der Waals surface area contributed by atoms with Crippen LogP contribution in [-0.4, -0.2) is 41.2 Å². The first-order valence-corrected chi connectivity index (χ1v) is 5.40. The molecule has 0 atom stereocenters. The Hall–Kier alpha value is -2.71. The number of hydrazone groups is 1. The molecule has 1 amide bonds. The number of carbonyl (C=O) groups excluding carboxylic acids is 1. The van der Waals surface area contributed by atoms with Gasteiger partial charge in [0.25, 0.3) is 5.91 Å². The molecule has 0 fully saturated rings. The van der Waals surface area contributed by atoms with Crippen LogP contribution in [0.15, 0.2) is 26.6 Å². The van der Waals surface area contributed by atoms with Gasteiger partial charge in [-0.1, -0.05) is 0 Å². The zero-order valence-corrected chi connectivity index (χ0v) is 9.98. The summed E-state index contributed by atoms with van der Waals surface area (Å²) in [5, 5.41) is 15.6. The molecule has 9 nitrogen and oxygen atoms in total. The van der Waals surface area contributed by atoms with Crippen LogP contribution in [0.1, 0.15) is 12.7 Å². The Bertz CT molecular complexity index is 562. The van der Waals surface area contributed by atoms with E-state index in [0.29, 0.717) is 6.61 Å². The molecule has 1 aliphatic heterocycles. The van der Waals surface area contributed by atoms with Crippen LogP contribution >= 0.6 is 0 Å². The van der Waals surface area contributed by atoms with Gasteiger partial charge in [-0.25, -0.2) is 5.01 Å². The summed E-state index contributed by atoms with van der Waals surface area (Å²) in [5.74, 6) is -0.550. The molecule has 0 aromatic carbocycles. The Labute approximate surface area is 107 Å². The molecule has 0 N–H and O–H groups in total. The lowest BCUT2D eigenvalue weighted by atomic mass is 10.5. The maximum absolute atomic E-state index is 11.1. The number of amides is 1. The average molecular weight is 266 g/mol. The number of furan rings is 1. The minimum absolute atomic E-state index is 0.0331. The largest absolute Gasteiger partial charge is 0.464 e. The summed E-state index contributed by atoms with van der Waals surface area (Å²) in [4.78, 5) is 24.6. The second kappa shape index (κ2) is 5.29. The molecule has 0 saturated carbocycles. The molecule has 1 aromatic rings. The number of nitrogens with zero attached hydrogens (tertiary/aromatic N) is 4. The second-order valence-corrected chi connectivity index (χ2v) is 3.46. The third-order valence-electron chi connectivity index (χ3n) is 2.12. The van der Waals surface area contributed by atoms with E-state index in [1.807, 2.05) is 0 Å². The monoisotopic (exact) mass is 266 g/mol. The van der Waals surface area contributed by atoms with E-state index >= 15 is 0 Å². The Morgan fingerprint density at radius 2 is 2.47 bits per heavy atom. The van der Waals surface area contributed by atoms with Crippen LogP contribution in [0.25, 0.3) is 0 Å². The minimum atomic E-state index is -0.649. The number of nitro groups is 1. The molecule has 19 heavy (non-hydrogen) atoms. The van der Waals surface area contributed by atoms with Gasteiger partial charge in [-0.15, -0.1) is 0 Å². The molecule has 1 aromatic heterocycles. The highest BCUT2D eigenvalue weighted by Gasteiger charge is 2.24. The fourth-order valence-electron chi connectivity index (χ4n) is 1.36. The van der Waals surface area contributed by atoms with E-state index in [2.05, 4.69) is 10.1 Å². The molecule has 0 radical (unpaired) electrons. The number of ether oxygens (including phenoxy) is 1. The smallest absolute Gasteiger partial charge is 0.433 e. The van der Waals surface area contributed by atoms with Gasteiger partial charge < -0.3 is 9.15 Å². The van der Waals surface area contributed by atoms with E-state index in [1.165, 1.54) is 23.4 Å². The summed E-state index contributed by atoms with van der Waals surface area (Å²) in [6.07, 6.45) is 1.25. The van der Waals surface area contributed by atoms with Crippen molar-refractivity contribution < 1.29 is 18.9 Å². The van der Waals surface area contributed by atoms with Crippen LogP contribution in [0.5, 0.6) is 0 Å². The highest BCUT2D eigenvalue weighted by molar-refractivity contribution is 5.98. The van der Waals surface area contributed by atoms with Crippen LogP contribution in [-0.2, 0) is 9.53 Å². The zero-order chi connectivity index (χ0) is 13.8. The fourth-order valence-corrected chi connectivity index (χ4v) is 1.36. The number of amidine groups is 1. The van der Waals surface area contributed by atoms with Crippen LogP contribution < -0.4 is 0 Å². The third-order valence-corrected chi connectivity index (χ3v) is 2.12. The molecule has 0 unspecified atom stereocenters. The van der Waals surface area contributed by atoms with Crippen molar-refractivity contribution in [1.29, 1.82) is 0 Å². The molecule has 2 rings (SSSR count). The van der Waals surface area contributed by atoms with Crippen molar-refractivity contribution in [1.82, 2.24) is 5.01 Å². The molecule has 0 bridgehead atoms. The molecule has 0 saturated heterocycles. The SMILES string of the molecule is CCOC1=NC(=O)CN1/N=C/c1ccc([N+](=O)[O-])o1. The maximum Gasteiger partial charge on any atom is 0.433 e. The molecule has 1 aliphatic rings. The lowest BCUT2D eigenvalue weighted by Crippen LogP contribution is -2.25. The quantitative estimate of drug-likeness (QED) is 0.452. The van der Waals surface area contributed by atoms with Gasteiger partial charge >= 0.3 is 11.9 Å². The van der Waals surface area contributed by atoms with Gasteiger partial charge in [-0.05, 0) is 13.0 Å². The number of rotatable bonds is 4. The molecule has 2 heterocycles. The van der Waals surface area contributed by atoms with Crippen molar-refractivity contribution in [2.24, 2.45) is 10.1 Å². The number of hydrogen-bond donors (Lipinski definition) is 0. The Morgan fingerprint density at radius 1 is 1.68 bits per heavy atom. The van der Waals surface area contributed by atoms with Crippen molar-refractivity contribution in [3.63, 3.8) is 0 Å². The van der Waals surface area contributed by atoms with Gasteiger partial charge in [0.05, 0.1) is 18.9 Å². The average Bonchev–Trinajstić information content (AvgIpc) is 2.94. The lowest BCUT2D eigenvalue weighted by molar-refractivity contribution is -0.402. The van der Waals surface area contributed by atoms with Gasteiger partial charge in [0.1, 0.15) is 11.5 Å².